The van der Waals surface area contributed by atoms with Gasteiger partial charge in [0.2, 0.25) is 0 Å². The number of fused-ring (bicyclic) bond motifs is 1. The molecule has 1 aliphatic heterocycles. The molecule has 2 heterocycles. The number of carbonyl (C=O) groups excluding carboxylic acids is 1. The van der Waals surface area contributed by atoms with Crippen LogP contribution >= 0.6 is 0 Å². The van der Waals surface area contributed by atoms with Crippen molar-refractivity contribution >= 4 is 23.1 Å². The third-order valence-electron chi connectivity index (χ3n) is 4.93. The molecule has 1 aliphatic rings. The summed E-state index contributed by atoms with van der Waals surface area (Å²) < 4.78 is 0. The predicted molar refractivity (Wildman–Crippen MR) is 111 cm³/mol. The average molecular weight is 373 g/mol. The van der Waals surface area contributed by atoms with Gasteiger partial charge in [-0.3, -0.25) is 4.79 Å². The summed E-state index contributed by atoms with van der Waals surface area (Å²) in [5.41, 5.74) is 9.26. The second-order valence-corrected chi connectivity index (χ2v) is 7.17. The Morgan fingerprint density at radius 1 is 1.00 bits per heavy atom. The number of nitrogen functional groups attached to an aromatic ring is 1. The van der Waals surface area contributed by atoms with E-state index in [1.54, 1.807) is 4.90 Å². The van der Waals surface area contributed by atoms with Gasteiger partial charge in [0.15, 0.2) is 11.5 Å². The molecule has 142 valence electrons. The number of hydrogen-bond donors (Lipinski definition) is 1. The number of rotatable bonds is 3. The number of anilines is 3. The van der Waals surface area contributed by atoms with E-state index in [4.69, 9.17) is 5.73 Å². The average Bonchev–Trinajstić information content (AvgIpc) is 2.85. The first-order valence-corrected chi connectivity index (χ1v) is 9.39. The first-order valence-electron chi connectivity index (χ1n) is 9.39. The summed E-state index contributed by atoms with van der Waals surface area (Å²) in [4.78, 5) is 25.6. The van der Waals surface area contributed by atoms with Gasteiger partial charge in [-0.2, -0.15) is 0 Å². The molecular weight excluding hydrogens is 350 g/mol. The lowest BCUT2D eigenvalue weighted by atomic mass is 10.1. The molecule has 0 unspecified atom stereocenters. The molecule has 1 amide bonds. The summed E-state index contributed by atoms with van der Waals surface area (Å²) in [5.74, 6) is 0.215. The lowest BCUT2D eigenvalue weighted by Gasteiger charge is -2.27. The standard InChI is InChI=1S/C22H23N5O/c1-16-13-26(15-17-7-3-2-4-8-17)18-9-5-6-10-19(18)27(14-16)22(28)20-21(23)25-12-11-24-20/h2-12,16H,13-15H2,1H3,(H2,23,25)/t16-/m1/s1. The molecule has 3 aromatic rings. The van der Waals surface area contributed by atoms with Crippen LogP contribution < -0.4 is 15.5 Å². The van der Waals surface area contributed by atoms with Gasteiger partial charge in [-0.05, 0) is 23.6 Å². The number of hydrogen-bond acceptors (Lipinski definition) is 5. The molecule has 0 spiro atoms. The first kappa shape index (κ1) is 18.0. The van der Waals surface area contributed by atoms with Crippen molar-refractivity contribution in [2.24, 2.45) is 5.92 Å². The highest BCUT2D eigenvalue weighted by Gasteiger charge is 2.30. The van der Waals surface area contributed by atoms with Crippen LogP contribution in [0.4, 0.5) is 17.2 Å². The van der Waals surface area contributed by atoms with E-state index in [-0.39, 0.29) is 23.3 Å². The highest BCUT2D eigenvalue weighted by atomic mass is 16.2. The van der Waals surface area contributed by atoms with Crippen LogP contribution in [0.3, 0.4) is 0 Å². The van der Waals surface area contributed by atoms with E-state index in [0.717, 1.165) is 24.5 Å². The molecule has 0 radical (unpaired) electrons. The van der Waals surface area contributed by atoms with Crippen LogP contribution in [-0.2, 0) is 6.54 Å². The molecule has 6 nitrogen and oxygen atoms in total. The summed E-state index contributed by atoms with van der Waals surface area (Å²) in [6, 6.07) is 18.4. The Hall–Kier alpha value is -3.41. The van der Waals surface area contributed by atoms with Crippen molar-refractivity contribution in [1.82, 2.24) is 9.97 Å². The normalized spacial score (nSPS) is 16.4. The van der Waals surface area contributed by atoms with Gasteiger partial charge in [-0.1, -0.05) is 49.4 Å². The number of carbonyl (C=O) groups is 1. The van der Waals surface area contributed by atoms with Crippen molar-refractivity contribution in [2.75, 3.05) is 28.6 Å². The number of benzene rings is 2. The van der Waals surface area contributed by atoms with E-state index in [1.807, 2.05) is 24.3 Å². The van der Waals surface area contributed by atoms with Gasteiger partial charge in [-0.25, -0.2) is 9.97 Å². The Bertz CT molecular complexity index is 975. The fraction of sp³-hybridized carbons (Fsp3) is 0.227. The van der Waals surface area contributed by atoms with Crippen LogP contribution in [0.1, 0.15) is 23.0 Å². The zero-order valence-electron chi connectivity index (χ0n) is 15.8. The van der Waals surface area contributed by atoms with Crippen molar-refractivity contribution < 1.29 is 4.79 Å². The van der Waals surface area contributed by atoms with Crippen molar-refractivity contribution in [3.05, 3.63) is 78.2 Å². The van der Waals surface area contributed by atoms with Crippen LogP contribution in [0.5, 0.6) is 0 Å². The molecule has 6 heteroatoms. The smallest absolute Gasteiger partial charge is 0.280 e. The van der Waals surface area contributed by atoms with Gasteiger partial charge in [-0.15, -0.1) is 0 Å². The van der Waals surface area contributed by atoms with Gasteiger partial charge in [0.1, 0.15) is 0 Å². The number of amides is 1. The Kier molecular flexibility index (Phi) is 4.93. The van der Waals surface area contributed by atoms with Crippen molar-refractivity contribution in [3.8, 4) is 0 Å². The highest BCUT2D eigenvalue weighted by molar-refractivity contribution is 6.09. The Labute approximate surface area is 164 Å². The van der Waals surface area contributed by atoms with Crippen LogP contribution in [0, 0.1) is 5.92 Å². The van der Waals surface area contributed by atoms with Gasteiger partial charge in [0.25, 0.3) is 5.91 Å². The second kappa shape index (κ2) is 7.68. The number of aromatic nitrogens is 2. The second-order valence-electron chi connectivity index (χ2n) is 7.17. The van der Waals surface area contributed by atoms with E-state index in [0.29, 0.717) is 6.54 Å². The fourth-order valence-electron chi connectivity index (χ4n) is 3.69. The topological polar surface area (TPSA) is 75.3 Å². The van der Waals surface area contributed by atoms with Crippen LogP contribution in [0.15, 0.2) is 67.0 Å². The van der Waals surface area contributed by atoms with E-state index < -0.39 is 0 Å². The minimum absolute atomic E-state index is 0.156. The third kappa shape index (κ3) is 3.53. The third-order valence-corrected chi connectivity index (χ3v) is 4.93. The molecule has 2 aromatic carbocycles. The van der Waals surface area contributed by atoms with Gasteiger partial charge in [0, 0.05) is 32.0 Å². The molecule has 0 saturated heterocycles. The van der Waals surface area contributed by atoms with Gasteiger partial charge >= 0.3 is 0 Å². The summed E-state index contributed by atoms with van der Waals surface area (Å²) in [6.07, 6.45) is 2.99. The minimum atomic E-state index is -0.216. The van der Waals surface area contributed by atoms with Crippen molar-refractivity contribution in [1.29, 1.82) is 0 Å². The summed E-state index contributed by atoms with van der Waals surface area (Å²) >= 11 is 0. The van der Waals surface area contributed by atoms with Gasteiger partial charge in [0.05, 0.1) is 11.4 Å². The Morgan fingerprint density at radius 3 is 2.43 bits per heavy atom. The Balaban J connectivity index is 1.73. The molecule has 2 N–H and O–H groups in total. The van der Waals surface area contributed by atoms with Crippen molar-refractivity contribution in [3.63, 3.8) is 0 Å². The molecular formula is C22H23N5O. The van der Waals surface area contributed by atoms with Crippen molar-refractivity contribution in [2.45, 2.75) is 13.5 Å². The van der Waals surface area contributed by atoms with E-state index in [1.165, 1.54) is 18.0 Å². The highest BCUT2D eigenvalue weighted by Crippen LogP contribution is 2.35. The largest absolute Gasteiger partial charge is 0.382 e. The maximum absolute atomic E-state index is 13.3. The molecule has 0 saturated carbocycles. The zero-order chi connectivity index (χ0) is 19.5. The lowest BCUT2D eigenvalue weighted by Crippen LogP contribution is -2.36. The number of nitrogens with two attached hydrogens (primary N) is 1. The molecule has 28 heavy (non-hydrogen) atoms. The SMILES string of the molecule is C[C@@H]1CN(Cc2ccccc2)c2ccccc2N(C(=O)c2nccnc2N)C1. The van der Waals surface area contributed by atoms with Crippen LogP contribution in [0.2, 0.25) is 0 Å². The number of para-hydroxylation sites is 2. The number of nitrogens with zero attached hydrogens (tertiary/aromatic N) is 4. The fourth-order valence-corrected chi connectivity index (χ4v) is 3.69. The van der Waals surface area contributed by atoms with Gasteiger partial charge < -0.3 is 15.5 Å². The van der Waals surface area contributed by atoms with Crippen LogP contribution in [-0.4, -0.2) is 29.0 Å². The molecule has 4 rings (SSSR count). The first-order chi connectivity index (χ1) is 13.6. The molecule has 0 bridgehead atoms. The maximum atomic E-state index is 13.3. The summed E-state index contributed by atoms with van der Waals surface area (Å²) in [6.45, 7) is 4.39. The monoisotopic (exact) mass is 373 g/mol. The van der Waals surface area contributed by atoms with E-state index in [9.17, 15) is 4.79 Å². The van der Waals surface area contributed by atoms with Crippen LogP contribution in [0.25, 0.3) is 0 Å². The lowest BCUT2D eigenvalue weighted by molar-refractivity contribution is 0.0980. The molecule has 1 atom stereocenters. The quantitative estimate of drug-likeness (QED) is 0.762. The molecule has 1 aromatic heterocycles. The van der Waals surface area contributed by atoms with E-state index in [2.05, 4.69) is 52.1 Å². The Morgan fingerprint density at radius 2 is 1.68 bits per heavy atom. The molecule has 0 fully saturated rings. The molecule has 0 aliphatic carbocycles. The predicted octanol–water partition coefficient (Wildman–Crippen LogP) is 3.36. The van der Waals surface area contributed by atoms with E-state index >= 15 is 0 Å². The summed E-state index contributed by atoms with van der Waals surface area (Å²) in [5, 5.41) is 0. The minimum Gasteiger partial charge on any atom is -0.382 e. The summed E-state index contributed by atoms with van der Waals surface area (Å²) in [7, 11) is 0. The zero-order valence-corrected chi connectivity index (χ0v) is 15.8. The maximum Gasteiger partial charge on any atom is 0.280 e.